The van der Waals surface area contributed by atoms with Crippen molar-refractivity contribution in [1.82, 2.24) is 0 Å². The number of nitriles is 1. The lowest BCUT2D eigenvalue weighted by molar-refractivity contribution is 0.297. The van der Waals surface area contributed by atoms with Crippen LogP contribution in [-0.4, -0.2) is 19.2 Å². The van der Waals surface area contributed by atoms with Crippen molar-refractivity contribution in [1.29, 1.82) is 5.26 Å². The first-order chi connectivity index (χ1) is 12.2. The number of hydrogen-bond donors (Lipinski definition) is 2. The molecule has 0 fully saturated rings. The van der Waals surface area contributed by atoms with Gasteiger partial charge in [0.2, 0.25) is 0 Å². The molecule has 8 heteroatoms. The van der Waals surface area contributed by atoms with Gasteiger partial charge < -0.3 is 20.5 Å². The number of aliphatic imine (C=N–C) groups is 1. The first kappa shape index (κ1) is 19.8. The van der Waals surface area contributed by atoms with Gasteiger partial charge in [-0.3, -0.25) is 0 Å². The highest BCUT2D eigenvalue weighted by atomic mass is 127. The normalized spacial score (nSPS) is 13.2. The fourth-order valence-corrected chi connectivity index (χ4v) is 2.34. The Kier molecular flexibility index (Phi) is 7.03. The van der Waals surface area contributed by atoms with E-state index in [-0.39, 0.29) is 42.0 Å². The fourth-order valence-electron chi connectivity index (χ4n) is 2.34. The number of nitrogens with one attached hydrogen (secondary N) is 1. The number of anilines is 1. The SMILES string of the molecule is I.N#Cc1ccc(CN=C(N)Nc2ccc3c(c2)OCCCO3)c(F)c1. The fraction of sp³-hybridized carbons (Fsp3) is 0.222. The summed E-state index contributed by atoms with van der Waals surface area (Å²) in [4.78, 5) is 4.12. The highest BCUT2D eigenvalue weighted by Crippen LogP contribution is 2.32. The van der Waals surface area contributed by atoms with Crippen LogP contribution in [0, 0.1) is 17.1 Å². The smallest absolute Gasteiger partial charge is 0.193 e. The monoisotopic (exact) mass is 468 g/mol. The third-order valence-electron chi connectivity index (χ3n) is 3.62. The van der Waals surface area contributed by atoms with Crippen molar-refractivity contribution in [2.24, 2.45) is 10.7 Å². The molecule has 3 N–H and O–H groups in total. The lowest BCUT2D eigenvalue weighted by Gasteiger charge is -2.11. The minimum atomic E-state index is -0.480. The van der Waals surface area contributed by atoms with Crippen LogP contribution in [0.1, 0.15) is 17.5 Å². The lowest BCUT2D eigenvalue weighted by Crippen LogP contribution is -2.22. The number of nitrogens with two attached hydrogens (primary N) is 1. The molecule has 0 spiro atoms. The average Bonchev–Trinajstić information content (AvgIpc) is 2.85. The number of hydrogen-bond acceptors (Lipinski definition) is 4. The van der Waals surface area contributed by atoms with Crippen molar-refractivity contribution in [2.75, 3.05) is 18.5 Å². The second-order valence-corrected chi connectivity index (χ2v) is 5.46. The summed E-state index contributed by atoms with van der Waals surface area (Å²) in [6.45, 7) is 1.29. The predicted octanol–water partition coefficient (Wildman–Crippen LogP) is 3.40. The Morgan fingerprint density at radius 2 is 1.96 bits per heavy atom. The number of nitrogens with zero attached hydrogens (tertiary/aromatic N) is 2. The first-order valence-corrected chi connectivity index (χ1v) is 7.81. The summed E-state index contributed by atoms with van der Waals surface area (Å²) in [5.74, 6) is 1.01. The van der Waals surface area contributed by atoms with Gasteiger partial charge in [-0.15, -0.1) is 24.0 Å². The minimum Gasteiger partial charge on any atom is -0.490 e. The molecule has 3 rings (SSSR count). The Morgan fingerprint density at radius 1 is 1.19 bits per heavy atom. The topological polar surface area (TPSA) is 92.7 Å². The molecule has 0 radical (unpaired) electrons. The minimum absolute atomic E-state index is 0. The van der Waals surface area contributed by atoms with Gasteiger partial charge >= 0.3 is 0 Å². The van der Waals surface area contributed by atoms with E-state index in [0.717, 1.165) is 6.42 Å². The van der Waals surface area contributed by atoms with Crippen molar-refractivity contribution in [3.8, 4) is 17.6 Å². The molecular weight excluding hydrogens is 450 g/mol. The van der Waals surface area contributed by atoms with Gasteiger partial charge in [0.15, 0.2) is 17.5 Å². The molecule has 6 nitrogen and oxygen atoms in total. The van der Waals surface area contributed by atoms with Gasteiger partial charge in [-0.25, -0.2) is 9.38 Å². The van der Waals surface area contributed by atoms with Gasteiger partial charge in [-0.05, 0) is 24.3 Å². The van der Waals surface area contributed by atoms with E-state index >= 15 is 0 Å². The van der Waals surface area contributed by atoms with Crippen LogP contribution in [0.15, 0.2) is 41.4 Å². The first-order valence-electron chi connectivity index (χ1n) is 7.81. The molecule has 0 saturated heterocycles. The predicted molar refractivity (Wildman–Crippen MR) is 108 cm³/mol. The molecule has 0 aromatic heterocycles. The molecule has 136 valence electrons. The molecule has 1 aliphatic rings. The summed E-state index contributed by atoms with van der Waals surface area (Å²) >= 11 is 0. The van der Waals surface area contributed by atoms with Crippen LogP contribution >= 0.6 is 24.0 Å². The summed E-state index contributed by atoms with van der Waals surface area (Å²) in [5, 5.41) is 11.7. The van der Waals surface area contributed by atoms with E-state index in [4.69, 9.17) is 20.5 Å². The van der Waals surface area contributed by atoms with E-state index in [1.807, 2.05) is 6.07 Å². The van der Waals surface area contributed by atoms with Crippen LogP contribution in [0.25, 0.3) is 0 Å². The molecule has 0 unspecified atom stereocenters. The molecule has 2 aromatic carbocycles. The van der Waals surface area contributed by atoms with E-state index in [1.165, 1.54) is 12.1 Å². The van der Waals surface area contributed by atoms with Crippen molar-refractivity contribution in [2.45, 2.75) is 13.0 Å². The van der Waals surface area contributed by atoms with Gasteiger partial charge in [0.05, 0.1) is 31.4 Å². The van der Waals surface area contributed by atoms with Gasteiger partial charge in [-0.1, -0.05) is 6.07 Å². The molecule has 0 aliphatic carbocycles. The maximum Gasteiger partial charge on any atom is 0.193 e. The third-order valence-corrected chi connectivity index (χ3v) is 3.62. The second kappa shape index (κ2) is 9.24. The Morgan fingerprint density at radius 3 is 2.69 bits per heavy atom. The van der Waals surface area contributed by atoms with Crippen LogP contribution in [0.3, 0.4) is 0 Å². The van der Waals surface area contributed by atoms with E-state index in [2.05, 4.69) is 10.3 Å². The van der Waals surface area contributed by atoms with Crippen molar-refractivity contribution in [3.05, 3.63) is 53.3 Å². The van der Waals surface area contributed by atoms with Crippen LogP contribution in [-0.2, 0) is 6.54 Å². The van der Waals surface area contributed by atoms with E-state index < -0.39 is 5.82 Å². The quantitative estimate of drug-likeness (QED) is 0.409. The molecule has 26 heavy (non-hydrogen) atoms. The second-order valence-electron chi connectivity index (χ2n) is 5.46. The standard InChI is InChI=1S/C18H17FN4O2.HI/c19-15-8-12(10-20)2-3-13(15)11-22-18(21)23-14-4-5-16-17(9-14)25-7-1-6-24-16;/h2-5,8-9H,1,6-7,11H2,(H3,21,22,23);1H. The van der Waals surface area contributed by atoms with Crippen LogP contribution < -0.4 is 20.5 Å². The van der Waals surface area contributed by atoms with Crippen molar-refractivity contribution in [3.63, 3.8) is 0 Å². The Bertz CT molecular complexity index is 852. The Labute approximate surface area is 167 Å². The average molecular weight is 468 g/mol. The number of benzene rings is 2. The zero-order valence-electron chi connectivity index (χ0n) is 13.9. The maximum atomic E-state index is 13.8. The molecular formula is C18H18FIN4O2. The molecule has 2 aromatic rings. The van der Waals surface area contributed by atoms with Crippen LogP contribution in [0.4, 0.5) is 10.1 Å². The number of halogens is 2. The third kappa shape index (κ3) is 4.98. The summed E-state index contributed by atoms with van der Waals surface area (Å²) in [7, 11) is 0. The summed E-state index contributed by atoms with van der Waals surface area (Å²) in [6, 6.07) is 11.5. The largest absolute Gasteiger partial charge is 0.490 e. The molecule has 1 aliphatic heterocycles. The Hall–Kier alpha value is -2.54. The highest BCUT2D eigenvalue weighted by molar-refractivity contribution is 14.0. The number of fused-ring (bicyclic) bond motifs is 1. The maximum absolute atomic E-state index is 13.8. The van der Waals surface area contributed by atoms with Gasteiger partial charge in [-0.2, -0.15) is 5.26 Å². The zero-order valence-corrected chi connectivity index (χ0v) is 16.2. The number of ether oxygens (including phenoxy) is 2. The van der Waals surface area contributed by atoms with E-state index in [0.29, 0.717) is 36.0 Å². The zero-order chi connectivity index (χ0) is 17.6. The summed E-state index contributed by atoms with van der Waals surface area (Å²) in [6.07, 6.45) is 0.831. The molecule has 0 amide bonds. The number of rotatable bonds is 3. The van der Waals surface area contributed by atoms with Crippen LogP contribution in [0.5, 0.6) is 11.5 Å². The van der Waals surface area contributed by atoms with Crippen LogP contribution in [0.2, 0.25) is 0 Å². The van der Waals surface area contributed by atoms with Gasteiger partial charge in [0.1, 0.15) is 5.82 Å². The molecule has 0 bridgehead atoms. The van der Waals surface area contributed by atoms with Gasteiger partial charge in [0.25, 0.3) is 0 Å². The highest BCUT2D eigenvalue weighted by Gasteiger charge is 2.11. The molecule has 0 atom stereocenters. The van der Waals surface area contributed by atoms with E-state index in [9.17, 15) is 4.39 Å². The number of guanidine groups is 1. The van der Waals surface area contributed by atoms with Crippen molar-refractivity contribution >= 4 is 35.6 Å². The van der Waals surface area contributed by atoms with Crippen molar-refractivity contribution < 1.29 is 13.9 Å². The Balaban J connectivity index is 0.00000243. The van der Waals surface area contributed by atoms with E-state index in [1.54, 1.807) is 24.3 Å². The summed E-state index contributed by atoms with van der Waals surface area (Å²) in [5.41, 5.74) is 7.19. The van der Waals surface area contributed by atoms with Gasteiger partial charge in [0, 0.05) is 23.7 Å². The molecule has 1 heterocycles. The molecule has 0 saturated carbocycles. The lowest BCUT2D eigenvalue weighted by atomic mass is 10.1. The summed E-state index contributed by atoms with van der Waals surface area (Å²) < 4.78 is 25.0.